The molecule has 1 heterocycles. The number of carbonyl (C=O) groups is 4. The van der Waals surface area contributed by atoms with Crippen LogP contribution in [0, 0.1) is 0 Å². The van der Waals surface area contributed by atoms with Gasteiger partial charge in [0.1, 0.15) is 6.04 Å². The zero-order valence-electron chi connectivity index (χ0n) is 13.9. The maximum atomic E-state index is 12.6. The number of nitrogens with one attached hydrogen (secondary N) is 1. The molecule has 0 saturated carbocycles. The standard InChI is InChI=1S/C19H16N2O5/c1-11(22)12-4-8-15(9-5-12)21-17(23)10-16(18(21)24)20-14-6-2-13(3-7-14)19(25)26/h2-9,16,20H,10H2,1H3,(H,25,26)/t16-/m1/s1. The molecule has 1 fully saturated rings. The molecule has 0 bridgehead atoms. The summed E-state index contributed by atoms with van der Waals surface area (Å²) in [5, 5.41) is 11.9. The van der Waals surface area contributed by atoms with Crippen molar-refractivity contribution in [1.82, 2.24) is 0 Å². The summed E-state index contributed by atoms with van der Waals surface area (Å²) in [5.41, 5.74) is 1.60. The van der Waals surface area contributed by atoms with Crippen molar-refractivity contribution in [2.75, 3.05) is 10.2 Å². The number of rotatable bonds is 5. The third kappa shape index (κ3) is 3.32. The van der Waals surface area contributed by atoms with Crippen LogP contribution >= 0.6 is 0 Å². The molecule has 1 saturated heterocycles. The van der Waals surface area contributed by atoms with Crippen LogP contribution in [-0.2, 0) is 9.59 Å². The molecule has 2 N–H and O–H groups in total. The first-order valence-electron chi connectivity index (χ1n) is 7.94. The second kappa shape index (κ2) is 6.79. The van der Waals surface area contributed by atoms with Crippen LogP contribution < -0.4 is 10.2 Å². The molecule has 7 nitrogen and oxygen atoms in total. The highest BCUT2D eigenvalue weighted by Crippen LogP contribution is 2.25. The Labute approximate surface area is 149 Å². The Morgan fingerprint density at radius 3 is 2.12 bits per heavy atom. The summed E-state index contributed by atoms with van der Waals surface area (Å²) in [7, 11) is 0. The minimum absolute atomic E-state index is 0.00598. The number of anilines is 2. The number of amides is 2. The van der Waals surface area contributed by atoms with Crippen molar-refractivity contribution in [3.8, 4) is 0 Å². The smallest absolute Gasteiger partial charge is 0.335 e. The lowest BCUT2D eigenvalue weighted by atomic mass is 10.1. The maximum absolute atomic E-state index is 12.6. The van der Waals surface area contributed by atoms with Crippen LogP contribution in [0.15, 0.2) is 48.5 Å². The number of Topliss-reactive ketones (excluding diaryl/α,β-unsaturated/α-hetero) is 1. The summed E-state index contributed by atoms with van der Waals surface area (Å²) >= 11 is 0. The van der Waals surface area contributed by atoms with E-state index < -0.39 is 17.9 Å². The number of carbonyl (C=O) groups excluding carboxylic acids is 3. The average Bonchev–Trinajstić information content (AvgIpc) is 2.89. The molecule has 0 unspecified atom stereocenters. The van der Waals surface area contributed by atoms with Gasteiger partial charge < -0.3 is 10.4 Å². The van der Waals surface area contributed by atoms with Gasteiger partial charge in [0.15, 0.2) is 5.78 Å². The second-order valence-electron chi connectivity index (χ2n) is 5.95. The van der Waals surface area contributed by atoms with Crippen LogP contribution in [0.25, 0.3) is 0 Å². The Morgan fingerprint density at radius 2 is 1.58 bits per heavy atom. The third-order valence-corrected chi connectivity index (χ3v) is 4.15. The zero-order chi connectivity index (χ0) is 18.8. The normalized spacial score (nSPS) is 16.7. The molecular weight excluding hydrogens is 336 g/mol. The Balaban J connectivity index is 1.76. The van der Waals surface area contributed by atoms with Gasteiger partial charge in [-0.05, 0) is 55.5 Å². The van der Waals surface area contributed by atoms with E-state index in [1.807, 2.05) is 0 Å². The fourth-order valence-electron chi connectivity index (χ4n) is 2.77. The van der Waals surface area contributed by atoms with E-state index in [9.17, 15) is 19.2 Å². The van der Waals surface area contributed by atoms with E-state index in [1.165, 1.54) is 19.1 Å². The van der Waals surface area contributed by atoms with Gasteiger partial charge in [-0.25, -0.2) is 9.69 Å². The number of imide groups is 1. The van der Waals surface area contributed by atoms with E-state index in [-0.39, 0.29) is 23.7 Å². The molecule has 0 radical (unpaired) electrons. The lowest BCUT2D eigenvalue weighted by Crippen LogP contribution is -2.34. The van der Waals surface area contributed by atoms with Crippen LogP contribution in [0.2, 0.25) is 0 Å². The van der Waals surface area contributed by atoms with Gasteiger partial charge >= 0.3 is 5.97 Å². The molecular formula is C19H16N2O5. The molecule has 0 aromatic heterocycles. The molecule has 3 rings (SSSR count). The van der Waals surface area contributed by atoms with E-state index in [2.05, 4.69) is 5.32 Å². The first-order valence-corrected chi connectivity index (χ1v) is 7.94. The van der Waals surface area contributed by atoms with Crippen LogP contribution in [0.1, 0.15) is 34.1 Å². The number of hydrogen-bond acceptors (Lipinski definition) is 5. The summed E-state index contributed by atoms with van der Waals surface area (Å²) in [5.74, 6) is -1.87. The second-order valence-corrected chi connectivity index (χ2v) is 5.95. The number of carboxylic acid groups (broad SMARTS) is 1. The first-order chi connectivity index (χ1) is 12.4. The maximum Gasteiger partial charge on any atom is 0.335 e. The number of aromatic carboxylic acids is 1. The highest BCUT2D eigenvalue weighted by atomic mass is 16.4. The van der Waals surface area contributed by atoms with Gasteiger partial charge in [0.25, 0.3) is 5.91 Å². The van der Waals surface area contributed by atoms with Gasteiger partial charge in [-0.2, -0.15) is 0 Å². The molecule has 1 aliphatic rings. The molecule has 2 aromatic carbocycles. The summed E-state index contributed by atoms with van der Waals surface area (Å²) < 4.78 is 0. The fourth-order valence-corrected chi connectivity index (χ4v) is 2.77. The molecule has 132 valence electrons. The molecule has 0 aliphatic carbocycles. The SMILES string of the molecule is CC(=O)c1ccc(N2C(=O)C[C@@H](Nc3ccc(C(=O)O)cc3)C2=O)cc1. The van der Waals surface area contributed by atoms with Gasteiger partial charge in [-0.15, -0.1) is 0 Å². The Morgan fingerprint density at radius 1 is 1.00 bits per heavy atom. The van der Waals surface area contributed by atoms with E-state index >= 15 is 0 Å². The van der Waals surface area contributed by atoms with Crippen LogP contribution in [0.4, 0.5) is 11.4 Å². The molecule has 0 spiro atoms. The van der Waals surface area contributed by atoms with Crippen LogP contribution in [-0.4, -0.2) is 34.7 Å². The summed E-state index contributed by atoms with van der Waals surface area (Å²) in [6.45, 7) is 1.44. The summed E-state index contributed by atoms with van der Waals surface area (Å²) in [6, 6.07) is 11.5. The number of ketones is 1. The Kier molecular flexibility index (Phi) is 4.53. The molecule has 26 heavy (non-hydrogen) atoms. The lowest BCUT2D eigenvalue weighted by molar-refractivity contribution is -0.121. The first kappa shape index (κ1) is 17.3. The van der Waals surface area contributed by atoms with Crippen molar-refractivity contribution in [1.29, 1.82) is 0 Å². The topological polar surface area (TPSA) is 104 Å². The number of hydrogen-bond donors (Lipinski definition) is 2. The van der Waals surface area contributed by atoms with Crippen molar-refractivity contribution >= 4 is 34.9 Å². The van der Waals surface area contributed by atoms with E-state index in [1.54, 1.807) is 36.4 Å². The van der Waals surface area contributed by atoms with Crippen LogP contribution in [0.5, 0.6) is 0 Å². The van der Waals surface area contributed by atoms with Crippen molar-refractivity contribution in [3.05, 3.63) is 59.7 Å². The Bertz CT molecular complexity index is 887. The van der Waals surface area contributed by atoms with E-state index in [4.69, 9.17) is 5.11 Å². The quantitative estimate of drug-likeness (QED) is 0.632. The molecule has 7 heteroatoms. The monoisotopic (exact) mass is 352 g/mol. The summed E-state index contributed by atoms with van der Waals surface area (Å²) in [4.78, 5) is 48.2. The summed E-state index contributed by atoms with van der Waals surface area (Å²) in [6.07, 6.45) is -0.00598. The minimum Gasteiger partial charge on any atom is -0.478 e. The minimum atomic E-state index is -1.04. The molecule has 1 aliphatic heterocycles. The zero-order valence-corrected chi connectivity index (χ0v) is 13.9. The highest BCUT2D eigenvalue weighted by Gasteiger charge is 2.39. The van der Waals surface area contributed by atoms with E-state index in [0.29, 0.717) is 16.9 Å². The van der Waals surface area contributed by atoms with Gasteiger partial charge in [0.05, 0.1) is 17.7 Å². The Hall–Kier alpha value is -3.48. The molecule has 2 aromatic rings. The van der Waals surface area contributed by atoms with Crippen molar-refractivity contribution in [2.45, 2.75) is 19.4 Å². The predicted octanol–water partition coefficient (Wildman–Crippen LogP) is 2.33. The lowest BCUT2D eigenvalue weighted by Gasteiger charge is -2.16. The van der Waals surface area contributed by atoms with Gasteiger partial charge in [-0.3, -0.25) is 14.4 Å². The van der Waals surface area contributed by atoms with Gasteiger partial charge in [0.2, 0.25) is 5.91 Å². The van der Waals surface area contributed by atoms with E-state index in [0.717, 1.165) is 4.90 Å². The van der Waals surface area contributed by atoms with Crippen molar-refractivity contribution < 1.29 is 24.3 Å². The number of nitrogens with zero attached hydrogens (tertiary/aromatic N) is 1. The molecule has 2 amide bonds. The van der Waals surface area contributed by atoms with Crippen molar-refractivity contribution in [3.63, 3.8) is 0 Å². The number of carboxylic acids is 1. The highest BCUT2D eigenvalue weighted by molar-refractivity contribution is 6.23. The third-order valence-electron chi connectivity index (χ3n) is 4.15. The van der Waals surface area contributed by atoms with Crippen molar-refractivity contribution in [2.24, 2.45) is 0 Å². The fraction of sp³-hybridized carbons (Fsp3) is 0.158. The van der Waals surface area contributed by atoms with Crippen LogP contribution in [0.3, 0.4) is 0 Å². The van der Waals surface area contributed by atoms with Gasteiger partial charge in [0, 0.05) is 11.3 Å². The average molecular weight is 352 g/mol. The van der Waals surface area contributed by atoms with Gasteiger partial charge in [-0.1, -0.05) is 0 Å². The predicted molar refractivity (Wildman–Crippen MR) is 94.4 cm³/mol. The largest absolute Gasteiger partial charge is 0.478 e. The molecule has 1 atom stereocenters. The number of benzene rings is 2.